The molecule has 116 valence electrons. The number of amides is 1. The first-order chi connectivity index (χ1) is 10.5. The van der Waals surface area contributed by atoms with Gasteiger partial charge < -0.3 is 15.2 Å². The SMILES string of the molecule is COc1ccc2ccc(CC(=O)O)c(CCNC(C)=O)c2c1. The Bertz CT molecular complexity index is 709. The normalized spacial score (nSPS) is 10.5. The van der Waals surface area contributed by atoms with Gasteiger partial charge in [-0.05, 0) is 40.5 Å². The largest absolute Gasteiger partial charge is 0.497 e. The van der Waals surface area contributed by atoms with E-state index in [9.17, 15) is 9.59 Å². The van der Waals surface area contributed by atoms with Crippen molar-refractivity contribution >= 4 is 22.6 Å². The van der Waals surface area contributed by atoms with Crippen molar-refractivity contribution in [3.8, 4) is 5.75 Å². The zero-order chi connectivity index (χ0) is 16.1. The third kappa shape index (κ3) is 3.75. The van der Waals surface area contributed by atoms with E-state index in [1.807, 2.05) is 30.3 Å². The van der Waals surface area contributed by atoms with Crippen LogP contribution >= 0.6 is 0 Å². The fourth-order valence-electron chi connectivity index (χ4n) is 2.52. The molecule has 2 aromatic rings. The predicted molar refractivity (Wildman–Crippen MR) is 84.2 cm³/mol. The number of carbonyl (C=O) groups is 2. The monoisotopic (exact) mass is 301 g/mol. The molecule has 22 heavy (non-hydrogen) atoms. The number of rotatable bonds is 6. The van der Waals surface area contributed by atoms with E-state index in [-0.39, 0.29) is 12.3 Å². The number of hydrogen-bond donors (Lipinski definition) is 2. The van der Waals surface area contributed by atoms with Gasteiger partial charge in [-0.15, -0.1) is 0 Å². The molecule has 0 unspecified atom stereocenters. The summed E-state index contributed by atoms with van der Waals surface area (Å²) in [7, 11) is 1.60. The van der Waals surface area contributed by atoms with Gasteiger partial charge in [0.1, 0.15) is 5.75 Å². The lowest BCUT2D eigenvalue weighted by Gasteiger charge is -2.13. The second kappa shape index (κ2) is 6.93. The predicted octanol–water partition coefficient (Wildman–Crippen LogP) is 2.15. The molecule has 5 heteroatoms. The van der Waals surface area contributed by atoms with E-state index < -0.39 is 5.97 Å². The molecule has 2 rings (SSSR count). The average Bonchev–Trinajstić information content (AvgIpc) is 2.47. The molecule has 0 atom stereocenters. The number of carboxylic acid groups (broad SMARTS) is 1. The van der Waals surface area contributed by atoms with Gasteiger partial charge in [0, 0.05) is 13.5 Å². The average molecular weight is 301 g/mol. The molecule has 0 bridgehead atoms. The van der Waals surface area contributed by atoms with E-state index in [2.05, 4.69) is 5.32 Å². The first kappa shape index (κ1) is 15.8. The molecule has 0 saturated heterocycles. The van der Waals surface area contributed by atoms with E-state index in [0.29, 0.717) is 13.0 Å². The Hall–Kier alpha value is -2.56. The Labute approximate surface area is 128 Å². The first-order valence-corrected chi connectivity index (χ1v) is 7.06. The number of fused-ring (bicyclic) bond motifs is 1. The van der Waals surface area contributed by atoms with Gasteiger partial charge >= 0.3 is 5.97 Å². The highest BCUT2D eigenvalue weighted by atomic mass is 16.5. The molecule has 0 aliphatic carbocycles. The van der Waals surface area contributed by atoms with Crippen molar-refractivity contribution in [1.82, 2.24) is 5.32 Å². The number of ether oxygens (including phenoxy) is 1. The van der Waals surface area contributed by atoms with Crippen molar-refractivity contribution in [2.24, 2.45) is 0 Å². The summed E-state index contributed by atoms with van der Waals surface area (Å²) in [4.78, 5) is 22.1. The molecular weight excluding hydrogens is 282 g/mol. The zero-order valence-corrected chi connectivity index (χ0v) is 12.7. The van der Waals surface area contributed by atoms with Crippen LogP contribution in [0.1, 0.15) is 18.1 Å². The van der Waals surface area contributed by atoms with Crippen LogP contribution in [0.3, 0.4) is 0 Å². The van der Waals surface area contributed by atoms with Crippen LogP contribution in [0.5, 0.6) is 5.75 Å². The number of methoxy groups -OCH3 is 1. The van der Waals surface area contributed by atoms with Crippen LogP contribution in [0.2, 0.25) is 0 Å². The van der Waals surface area contributed by atoms with E-state index >= 15 is 0 Å². The van der Waals surface area contributed by atoms with E-state index in [4.69, 9.17) is 9.84 Å². The number of hydrogen-bond acceptors (Lipinski definition) is 3. The number of benzene rings is 2. The molecule has 0 spiro atoms. The number of carboxylic acids is 1. The maximum atomic E-state index is 11.1. The minimum Gasteiger partial charge on any atom is -0.497 e. The zero-order valence-electron chi connectivity index (χ0n) is 12.7. The Morgan fingerprint density at radius 1 is 1.23 bits per heavy atom. The second-order valence-electron chi connectivity index (χ2n) is 5.09. The minimum absolute atomic E-state index is 0.0391. The molecule has 1 amide bonds. The lowest BCUT2D eigenvalue weighted by atomic mass is 9.94. The number of carbonyl (C=O) groups excluding carboxylic acids is 1. The third-order valence-electron chi connectivity index (χ3n) is 3.53. The minimum atomic E-state index is -0.872. The summed E-state index contributed by atoms with van der Waals surface area (Å²) in [6.07, 6.45) is 0.537. The highest BCUT2D eigenvalue weighted by molar-refractivity contribution is 5.89. The quantitative estimate of drug-likeness (QED) is 0.857. The van der Waals surface area contributed by atoms with Gasteiger partial charge in [-0.25, -0.2) is 0 Å². The standard InChI is InChI=1S/C17H19NO4/c1-11(19)18-8-7-15-13(9-17(20)21)4-3-12-5-6-14(22-2)10-16(12)15/h3-6,10H,7-9H2,1-2H3,(H,18,19)(H,20,21). The highest BCUT2D eigenvalue weighted by Gasteiger charge is 2.11. The Balaban J connectivity index is 2.47. The summed E-state index contributed by atoms with van der Waals surface area (Å²) in [5.74, 6) is -0.249. The van der Waals surface area contributed by atoms with Crippen LogP contribution < -0.4 is 10.1 Å². The van der Waals surface area contributed by atoms with Crippen molar-refractivity contribution in [3.05, 3.63) is 41.5 Å². The summed E-state index contributed by atoms with van der Waals surface area (Å²) in [5, 5.41) is 13.8. The fraction of sp³-hybridized carbons (Fsp3) is 0.294. The molecule has 2 aromatic carbocycles. The number of aliphatic carboxylic acids is 1. The van der Waals surface area contributed by atoms with Crippen molar-refractivity contribution < 1.29 is 19.4 Å². The number of nitrogens with one attached hydrogen (secondary N) is 1. The van der Waals surface area contributed by atoms with Crippen LogP contribution in [-0.2, 0) is 22.4 Å². The smallest absolute Gasteiger partial charge is 0.307 e. The molecule has 0 radical (unpaired) electrons. The molecule has 5 nitrogen and oxygen atoms in total. The Kier molecular flexibility index (Phi) is 4.99. The topological polar surface area (TPSA) is 75.6 Å². The Morgan fingerprint density at radius 2 is 1.95 bits per heavy atom. The van der Waals surface area contributed by atoms with Crippen LogP contribution in [0.15, 0.2) is 30.3 Å². The fourth-order valence-corrected chi connectivity index (χ4v) is 2.52. The summed E-state index contributed by atoms with van der Waals surface area (Å²) in [6, 6.07) is 9.47. The van der Waals surface area contributed by atoms with Crippen molar-refractivity contribution in [1.29, 1.82) is 0 Å². The van der Waals surface area contributed by atoms with Gasteiger partial charge in [0.15, 0.2) is 0 Å². The van der Waals surface area contributed by atoms with E-state index in [1.165, 1.54) is 6.92 Å². The maximum absolute atomic E-state index is 11.1. The molecule has 2 N–H and O–H groups in total. The van der Waals surface area contributed by atoms with Gasteiger partial charge in [-0.1, -0.05) is 18.2 Å². The molecule has 0 saturated carbocycles. The van der Waals surface area contributed by atoms with Crippen LogP contribution in [0, 0.1) is 0 Å². The maximum Gasteiger partial charge on any atom is 0.307 e. The van der Waals surface area contributed by atoms with Crippen molar-refractivity contribution in [3.63, 3.8) is 0 Å². The summed E-state index contributed by atoms with van der Waals surface area (Å²) >= 11 is 0. The second-order valence-corrected chi connectivity index (χ2v) is 5.09. The Morgan fingerprint density at radius 3 is 2.59 bits per heavy atom. The molecule has 0 aliphatic rings. The lowest BCUT2D eigenvalue weighted by molar-refractivity contribution is -0.136. The molecule has 0 aromatic heterocycles. The van der Waals surface area contributed by atoms with Gasteiger partial charge in [-0.3, -0.25) is 9.59 Å². The molecule has 0 heterocycles. The van der Waals surface area contributed by atoms with Gasteiger partial charge in [0.2, 0.25) is 5.91 Å². The first-order valence-electron chi connectivity index (χ1n) is 7.06. The summed E-state index contributed by atoms with van der Waals surface area (Å²) < 4.78 is 5.25. The van der Waals surface area contributed by atoms with Crippen LogP contribution in [0.25, 0.3) is 10.8 Å². The highest BCUT2D eigenvalue weighted by Crippen LogP contribution is 2.27. The van der Waals surface area contributed by atoms with Crippen molar-refractivity contribution in [2.45, 2.75) is 19.8 Å². The van der Waals surface area contributed by atoms with Gasteiger partial charge in [-0.2, -0.15) is 0 Å². The van der Waals surface area contributed by atoms with Crippen molar-refractivity contribution in [2.75, 3.05) is 13.7 Å². The van der Waals surface area contributed by atoms with Gasteiger partial charge in [0.05, 0.1) is 13.5 Å². The molecular formula is C17H19NO4. The molecule has 0 aliphatic heterocycles. The lowest BCUT2D eigenvalue weighted by Crippen LogP contribution is -2.23. The summed E-state index contributed by atoms with van der Waals surface area (Å²) in [6.45, 7) is 1.93. The third-order valence-corrected chi connectivity index (χ3v) is 3.53. The van der Waals surface area contributed by atoms with E-state index in [0.717, 1.165) is 27.6 Å². The molecule has 0 fully saturated rings. The van der Waals surface area contributed by atoms with Gasteiger partial charge in [0.25, 0.3) is 0 Å². The van der Waals surface area contributed by atoms with Crippen LogP contribution in [-0.4, -0.2) is 30.6 Å². The van der Waals surface area contributed by atoms with E-state index in [1.54, 1.807) is 7.11 Å². The summed E-state index contributed by atoms with van der Waals surface area (Å²) in [5.41, 5.74) is 1.70. The van der Waals surface area contributed by atoms with Crippen LogP contribution in [0.4, 0.5) is 0 Å².